The predicted molar refractivity (Wildman–Crippen MR) is 127 cm³/mol. The van der Waals surface area contributed by atoms with Gasteiger partial charge in [-0.15, -0.1) is 0 Å². The van der Waals surface area contributed by atoms with Gasteiger partial charge >= 0.3 is 0 Å². The third-order valence-corrected chi connectivity index (χ3v) is 5.96. The fourth-order valence-corrected chi connectivity index (χ4v) is 4.57. The Morgan fingerprint density at radius 3 is 2.21 bits per heavy atom. The molecule has 2 saturated heterocycles. The summed E-state index contributed by atoms with van der Waals surface area (Å²) in [6.07, 6.45) is 6.37. The van der Waals surface area contributed by atoms with Gasteiger partial charge in [-0.3, -0.25) is 0 Å². The molecule has 3 heterocycles. The van der Waals surface area contributed by atoms with Crippen LogP contribution in [0.2, 0.25) is 0 Å². The first-order chi connectivity index (χ1) is 13.9. The monoisotopic (exact) mass is 418 g/mol. The maximum Gasteiger partial charge on any atom is 0.232 e. The Hall–Kier alpha value is -1.63. The molecule has 2 aliphatic heterocycles. The molecule has 0 amide bonds. The normalized spacial score (nSPS) is 23.1. The molecule has 7 heteroatoms. The van der Waals surface area contributed by atoms with E-state index in [0.29, 0.717) is 28.8 Å². The molecule has 0 aliphatic carbocycles. The first kappa shape index (κ1) is 22.1. The van der Waals surface area contributed by atoms with Crippen LogP contribution in [0.1, 0.15) is 59.8 Å². The van der Waals surface area contributed by atoms with Crippen LogP contribution in [-0.4, -0.2) is 47.8 Å². The van der Waals surface area contributed by atoms with Crippen LogP contribution in [0.5, 0.6) is 0 Å². The Morgan fingerprint density at radius 2 is 1.62 bits per heavy atom. The average Bonchev–Trinajstić information content (AvgIpc) is 2.95. The highest BCUT2D eigenvalue weighted by Gasteiger charge is 2.24. The van der Waals surface area contributed by atoms with Crippen molar-refractivity contribution in [2.24, 2.45) is 17.8 Å². The molecule has 0 spiro atoms. The smallest absolute Gasteiger partial charge is 0.232 e. The Morgan fingerprint density at radius 1 is 1.03 bits per heavy atom. The summed E-state index contributed by atoms with van der Waals surface area (Å²) in [5.41, 5.74) is 0. The fourth-order valence-electron chi connectivity index (χ4n) is 4.39. The molecule has 3 rings (SSSR count). The van der Waals surface area contributed by atoms with Crippen molar-refractivity contribution in [3.63, 3.8) is 0 Å². The van der Waals surface area contributed by atoms with Gasteiger partial charge in [-0.2, -0.15) is 9.97 Å². The Kier molecular flexibility index (Phi) is 7.92. The van der Waals surface area contributed by atoms with Crippen LogP contribution in [0, 0.1) is 17.8 Å². The van der Waals surface area contributed by atoms with Gasteiger partial charge in [0.05, 0.1) is 0 Å². The first-order valence-corrected chi connectivity index (χ1v) is 11.8. The van der Waals surface area contributed by atoms with Crippen LogP contribution in [0.25, 0.3) is 0 Å². The van der Waals surface area contributed by atoms with E-state index in [9.17, 15) is 0 Å². The number of thiocarbonyl (C=S) groups is 1. The topological polar surface area (TPSA) is 56.3 Å². The van der Waals surface area contributed by atoms with Gasteiger partial charge < -0.3 is 20.4 Å². The zero-order valence-corrected chi connectivity index (χ0v) is 19.4. The number of nitrogens with one attached hydrogen (secondary N) is 2. The van der Waals surface area contributed by atoms with Crippen LogP contribution in [0.15, 0.2) is 6.07 Å². The highest BCUT2D eigenvalue weighted by molar-refractivity contribution is 7.80. The standard InChI is InChI=1S/C22H38N6S/c1-16(2)13-23-22(29)26-21-24-19(27-9-7-5-6-8-10-27)12-20(25-21)28-14-17(3)11-18(4)15-28/h12,16-18H,5-11,13-15H2,1-4H3,(H2,23,24,25,26,29). The molecule has 0 radical (unpaired) electrons. The minimum atomic E-state index is 0.533. The second-order valence-corrected chi connectivity index (χ2v) is 9.80. The minimum absolute atomic E-state index is 0.533. The average molecular weight is 419 g/mol. The van der Waals surface area contributed by atoms with E-state index in [4.69, 9.17) is 22.2 Å². The summed E-state index contributed by atoms with van der Waals surface area (Å²) in [5.74, 6) is 4.55. The minimum Gasteiger partial charge on any atom is -0.362 e. The molecule has 2 fully saturated rings. The van der Waals surface area contributed by atoms with Crippen molar-refractivity contribution in [1.82, 2.24) is 15.3 Å². The van der Waals surface area contributed by atoms with Crippen LogP contribution in [0.4, 0.5) is 17.6 Å². The summed E-state index contributed by atoms with van der Waals surface area (Å²) in [7, 11) is 0. The van der Waals surface area contributed by atoms with Crippen molar-refractivity contribution in [3.05, 3.63) is 6.07 Å². The number of piperidine rings is 1. The van der Waals surface area contributed by atoms with Gasteiger partial charge in [-0.05, 0) is 49.2 Å². The molecule has 2 N–H and O–H groups in total. The molecule has 162 valence electrons. The van der Waals surface area contributed by atoms with E-state index < -0.39 is 0 Å². The molecular formula is C22H38N6S. The van der Waals surface area contributed by atoms with Crippen molar-refractivity contribution in [2.75, 3.05) is 47.8 Å². The number of aromatic nitrogens is 2. The molecule has 2 atom stereocenters. The number of nitrogens with zero attached hydrogens (tertiary/aromatic N) is 4. The van der Waals surface area contributed by atoms with Gasteiger partial charge in [0.1, 0.15) is 11.6 Å². The van der Waals surface area contributed by atoms with E-state index in [1.165, 1.54) is 32.1 Å². The predicted octanol–water partition coefficient (Wildman–Crippen LogP) is 4.28. The number of anilines is 3. The fraction of sp³-hybridized carbons (Fsp3) is 0.773. The zero-order chi connectivity index (χ0) is 20.8. The quantitative estimate of drug-likeness (QED) is 0.692. The Balaban J connectivity index is 1.83. The molecule has 2 aliphatic rings. The van der Waals surface area contributed by atoms with Crippen LogP contribution >= 0.6 is 12.2 Å². The van der Waals surface area contributed by atoms with Gasteiger partial charge in [-0.25, -0.2) is 0 Å². The number of hydrogen-bond donors (Lipinski definition) is 2. The van der Waals surface area contributed by atoms with Gasteiger partial charge in [0.25, 0.3) is 0 Å². The summed E-state index contributed by atoms with van der Waals surface area (Å²) in [6.45, 7) is 14.1. The molecule has 6 nitrogen and oxygen atoms in total. The van der Waals surface area contributed by atoms with E-state index in [1.807, 2.05) is 0 Å². The lowest BCUT2D eigenvalue weighted by Crippen LogP contribution is -2.39. The Labute approximate surface area is 181 Å². The summed E-state index contributed by atoms with van der Waals surface area (Å²) in [4.78, 5) is 14.6. The molecule has 2 unspecified atom stereocenters. The molecule has 0 aromatic carbocycles. The van der Waals surface area contributed by atoms with Crippen molar-refractivity contribution in [2.45, 2.75) is 59.8 Å². The van der Waals surface area contributed by atoms with Crippen LogP contribution < -0.4 is 20.4 Å². The van der Waals surface area contributed by atoms with Gasteiger partial charge in [-0.1, -0.05) is 40.5 Å². The van der Waals surface area contributed by atoms with Gasteiger partial charge in [0, 0.05) is 38.8 Å². The summed E-state index contributed by atoms with van der Waals surface area (Å²) < 4.78 is 0. The first-order valence-electron chi connectivity index (χ1n) is 11.3. The van der Waals surface area contributed by atoms with Gasteiger partial charge in [0.15, 0.2) is 5.11 Å². The number of hydrogen-bond acceptors (Lipinski definition) is 5. The lowest BCUT2D eigenvalue weighted by molar-refractivity contribution is 0.355. The Bertz CT molecular complexity index is 661. The highest BCUT2D eigenvalue weighted by Crippen LogP contribution is 2.29. The van der Waals surface area contributed by atoms with E-state index in [1.54, 1.807) is 0 Å². The third kappa shape index (κ3) is 6.69. The van der Waals surface area contributed by atoms with E-state index >= 15 is 0 Å². The molecular weight excluding hydrogens is 380 g/mol. The second-order valence-electron chi connectivity index (χ2n) is 9.39. The third-order valence-electron chi connectivity index (χ3n) is 5.72. The van der Waals surface area contributed by atoms with Crippen LogP contribution in [0.3, 0.4) is 0 Å². The number of rotatable bonds is 5. The lowest BCUT2D eigenvalue weighted by atomic mass is 9.92. The molecule has 1 aromatic rings. The summed E-state index contributed by atoms with van der Waals surface area (Å²) >= 11 is 5.48. The molecule has 0 bridgehead atoms. The largest absolute Gasteiger partial charge is 0.362 e. The molecule has 29 heavy (non-hydrogen) atoms. The van der Waals surface area contributed by atoms with Crippen molar-refractivity contribution in [3.8, 4) is 0 Å². The molecule has 1 aromatic heterocycles. The van der Waals surface area contributed by atoms with Crippen molar-refractivity contribution >= 4 is 34.9 Å². The van der Waals surface area contributed by atoms with E-state index in [0.717, 1.165) is 44.4 Å². The second kappa shape index (κ2) is 10.4. The van der Waals surface area contributed by atoms with Crippen LogP contribution in [-0.2, 0) is 0 Å². The molecule has 0 saturated carbocycles. The van der Waals surface area contributed by atoms with Gasteiger partial charge in [0.2, 0.25) is 5.95 Å². The summed E-state index contributed by atoms with van der Waals surface area (Å²) in [5, 5.41) is 7.10. The maximum atomic E-state index is 5.48. The SMILES string of the molecule is CC(C)CNC(=S)Nc1nc(N2CCCCCC2)cc(N2CC(C)CC(C)C2)n1. The highest BCUT2D eigenvalue weighted by atomic mass is 32.1. The van der Waals surface area contributed by atoms with Crippen molar-refractivity contribution in [1.29, 1.82) is 0 Å². The lowest BCUT2D eigenvalue weighted by Gasteiger charge is -2.36. The summed E-state index contributed by atoms with van der Waals surface area (Å²) in [6, 6.07) is 2.19. The maximum absolute atomic E-state index is 5.48. The van der Waals surface area contributed by atoms with Crippen molar-refractivity contribution < 1.29 is 0 Å². The van der Waals surface area contributed by atoms with E-state index in [2.05, 4.69) is 54.2 Å². The zero-order valence-electron chi connectivity index (χ0n) is 18.6. The van der Waals surface area contributed by atoms with E-state index in [-0.39, 0.29) is 0 Å².